The number of hydrogen-bond acceptors (Lipinski definition) is 10. The number of allylic oxidation sites excluding steroid dienone is 8. The van der Waals surface area contributed by atoms with Gasteiger partial charge in [0.05, 0.1) is 0 Å². The standard InChI is InChI=1S/C52H28N10/c53-29-39(30-54)49(37-21-25-47(26-22-37)61(43-13-5-1-6-14-43)44-15-7-2-8-16-44)51(41(33-57)34-58)52(42(35-59)36-60)50(40(31-55)32-56)38-23-27-48(28-24-38)62(45-17-9-3-10-18-45)46-19-11-4-12-20-46/h1-28H. The van der Waals surface area contributed by atoms with E-state index in [1.165, 1.54) is 0 Å². The fourth-order valence-electron chi connectivity index (χ4n) is 6.88. The van der Waals surface area contributed by atoms with Crippen molar-refractivity contribution in [2.24, 2.45) is 0 Å². The van der Waals surface area contributed by atoms with Gasteiger partial charge in [-0.3, -0.25) is 0 Å². The van der Waals surface area contributed by atoms with E-state index >= 15 is 0 Å². The number of nitriles is 8. The van der Waals surface area contributed by atoms with Gasteiger partial charge in [-0.05, 0) is 83.9 Å². The lowest BCUT2D eigenvalue weighted by Crippen LogP contribution is -2.11. The van der Waals surface area contributed by atoms with Crippen molar-refractivity contribution in [2.75, 3.05) is 9.80 Å². The minimum Gasteiger partial charge on any atom is -0.311 e. The topological polar surface area (TPSA) is 197 Å². The molecule has 0 aliphatic rings. The molecular weight excluding hydrogens is 765 g/mol. The van der Waals surface area contributed by atoms with Crippen LogP contribution in [0, 0.1) is 90.6 Å². The summed E-state index contributed by atoms with van der Waals surface area (Å²) in [4.78, 5) is 3.94. The lowest BCUT2D eigenvalue weighted by Gasteiger charge is -2.26. The van der Waals surface area contributed by atoms with Crippen LogP contribution in [0.5, 0.6) is 0 Å². The molecule has 0 aromatic heterocycles. The number of benzene rings is 6. The van der Waals surface area contributed by atoms with Gasteiger partial charge in [0.25, 0.3) is 0 Å². The summed E-state index contributed by atoms with van der Waals surface area (Å²) in [5.74, 6) is 0. The van der Waals surface area contributed by atoms with Gasteiger partial charge < -0.3 is 9.80 Å². The third-order valence-corrected chi connectivity index (χ3v) is 9.53. The summed E-state index contributed by atoms with van der Waals surface area (Å²) in [6.45, 7) is 0. The molecular formula is C52H28N10. The van der Waals surface area contributed by atoms with E-state index in [2.05, 4.69) is 0 Å². The van der Waals surface area contributed by atoms with Crippen molar-refractivity contribution in [3.8, 4) is 48.6 Å². The monoisotopic (exact) mass is 792 g/mol. The molecule has 0 bridgehead atoms. The molecule has 6 aromatic rings. The van der Waals surface area contributed by atoms with Gasteiger partial charge in [-0.2, -0.15) is 42.1 Å². The zero-order valence-corrected chi connectivity index (χ0v) is 32.6. The Bertz CT molecular complexity index is 2750. The highest BCUT2D eigenvalue weighted by atomic mass is 15.1. The fraction of sp³-hybridized carbons (Fsp3) is 0. The van der Waals surface area contributed by atoms with Crippen molar-refractivity contribution >= 4 is 45.3 Å². The Hall–Kier alpha value is -10.2. The summed E-state index contributed by atoms with van der Waals surface area (Å²) in [5.41, 5.74) is 0.946. The van der Waals surface area contributed by atoms with Gasteiger partial charge >= 0.3 is 0 Å². The van der Waals surface area contributed by atoms with E-state index in [9.17, 15) is 42.1 Å². The van der Waals surface area contributed by atoms with Crippen LogP contribution < -0.4 is 9.80 Å². The highest BCUT2D eigenvalue weighted by Crippen LogP contribution is 2.45. The average molecular weight is 793 g/mol. The van der Waals surface area contributed by atoms with Crippen LogP contribution in [-0.2, 0) is 0 Å². The van der Waals surface area contributed by atoms with E-state index in [1.54, 1.807) is 48.5 Å². The van der Waals surface area contributed by atoms with Crippen LogP contribution >= 0.6 is 0 Å². The first-order valence-corrected chi connectivity index (χ1v) is 18.7. The van der Waals surface area contributed by atoms with Crippen molar-refractivity contribution in [1.82, 2.24) is 0 Å². The predicted octanol–water partition coefficient (Wildman–Crippen LogP) is 11.6. The minimum atomic E-state index is -0.691. The molecule has 286 valence electrons. The third-order valence-electron chi connectivity index (χ3n) is 9.53. The smallest absolute Gasteiger partial charge is 0.138 e. The Morgan fingerprint density at radius 3 is 0.677 bits per heavy atom. The van der Waals surface area contributed by atoms with Crippen molar-refractivity contribution in [3.63, 3.8) is 0 Å². The van der Waals surface area contributed by atoms with Gasteiger partial charge in [-0.15, -0.1) is 0 Å². The molecule has 10 nitrogen and oxygen atoms in total. The van der Waals surface area contributed by atoms with E-state index in [0.717, 1.165) is 22.7 Å². The zero-order valence-electron chi connectivity index (χ0n) is 32.6. The largest absolute Gasteiger partial charge is 0.311 e. The predicted molar refractivity (Wildman–Crippen MR) is 235 cm³/mol. The summed E-state index contributed by atoms with van der Waals surface area (Å²) in [5, 5.41) is 83.8. The molecule has 0 N–H and O–H groups in total. The van der Waals surface area contributed by atoms with Crippen molar-refractivity contribution in [1.29, 1.82) is 42.1 Å². The quantitative estimate of drug-likeness (QED) is 0.0898. The molecule has 0 unspecified atom stereocenters. The van der Waals surface area contributed by atoms with Gasteiger partial charge in [-0.1, -0.05) is 97.1 Å². The van der Waals surface area contributed by atoms with Crippen molar-refractivity contribution in [2.45, 2.75) is 0 Å². The molecule has 0 heterocycles. The van der Waals surface area contributed by atoms with E-state index in [4.69, 9.17) is 0 Å². The van der Waals surface area contributed by atoms with E-state index in [0.29, 0.717) is 11.4 Å². The van der Waals surface area contributed by atoms with Crippen LogP contribution in [0.2, 0.25) is 0 Å². The van der Waals surface area contributed by atoms with Crippen molar-refractivity contribution in [3.05, 3.63) is 214 Å². The van der Waals surface area contributed by atoms with Crippen LogP contribution in [0.15, 0.2) is 203 Å². The molecule has 0 saturated heterocycles. The van der Waals surface area contributed by atoms with Crippen LogP contribution in [0.25, 0.3) is 11.1 Å². The van der Waals surface area contributed by atoms with Gasteiger partial charge in [-0.25, -0.2) is 0 Å². The Balaban J connectivity index is 1.61. The third kappa shape index (κ3) is 8.55. The summed E-state index contributed by atoms with van der Waals surface area (Å²) < 4.78 is 0. The number of hydrogen-bond donors (Lipinski definition) is 0. The molecule has 0 atom stereocenters. The van der Waals surface area contributed by atoms with Crippen LogP contribution in [0.4, 0.5) is 34.1 Å². The fourth-order valence-corrected chi connectivity index (χ4v) is 6.88. The number of rotatable bonds is 11. The zero-order chi connectivity index (χ0) is 43.8. The SMILES string of the molecule is N#CC(C#N)=C(C(=C(C#N)C#N)C(=C(C#N)C#N)c1ccc(N(c2ccccc2)c2ccccc2)cc1)C(=C(C#N)C#N)c1ccc(N(c2ccccc2)c2ccccc2)cc1. The second-order valence-electron chi connectivity index (χ2n) is 13.0. The van der Waals surface area contributed by atoms with Gasteiger partial charge in [0.2, 0.25) is 0 Å². The van der Waals surface area contributed by atoms with Gasteiger partial charge in [0.15, 0.2) is 0 Å². The maximum absolute atomic E-state index is 10.5. The van der Waals surface area contributed by atoms with Crippen LogP contribution in [0.3, 0.4) is 0 Å². The first kappa shape index (κ1) is 41.4. The van der Waals surface area contributed by atoms with Crippen molar-refractivity contribution < 1.29 is 0 Å². The lowest BCUT2D eigenvalue weighted by atomic mass is 9.78. The van der Waals surface area contributed by atoms with E-state index in [1.807, 2.05) is 180 Å². The number of anilines is 6. The maximum Gasteiger partial charge on any atom is 0.138 e. The first-order chi connectivity index (χ1) is 30.5. The van der Waals surface area contributed by atoms with Gasteiger partial charge in [0.1, 0.15) is 70.8 Å². The number of para-hydroxylation sites is 4. The molecule has 0 spiro atoms. The average Bonchev–Trinajstić information content (AvgIpc) is 3.34. The Kier molecular flexibility index (Phi) is 13.2. The molecule has 6 aromatic carbocycles. The summed E-state index contributed by atoms with van der Waals surface area (Å²) in [7, 11) is 0. The normalized spacial score (nSPS) is 9.48. The molecule has 0 radical (unpaired) electrons. The molecule has 0 amide bonds. The lowest BCUT2D eigenvalue weighted by molar-refractivity contribution is 1.28. The molecule has 62 heavy (non-hydrogen) atoms. The highest BCUT2D eigenvalue weighted by molar-refractivity contribution is 6.03. The highest BCUT2D eigenvalue weighted by Gasteiger charge is 2.31. The minimum absolute atomic E-state index is 0.158. The summed E-state index contributed by atoms with van der Waals surface area (Å²) in [6.07, 6.45) is 0. The second kappa shape index (κ2) is 19.8. The second-order valence-corrected chi connectivity index (χ2v) is 13.0. The first-order valence-electron chi connectivity index (χ1n) is 18.7. The molecule has 0 aliphatic heterocycles. The van der Waals surface area contributed by atoms with Gasteiger partial charge in [0, 0.05) is 56.4 Å². The summed E-state index contributed by atoms with van der Waals surface area (Å²) in [6, 6.07) is 65.9. The molecule has 0 fully saturated rings. The Morgan fingerprint density at radius 2 is 0.468 bits per heavy atom. The summed E-state index contributed by atoms with van der Waals surface area (Å²) >= 11 is 0. The van der Waals surface area contributed by atoms with Crippen LogP contribution in [0.1, 0.15) is 11.1 Å². The van der Waals surface area contributed by atoms with E-state index in [-0.39, 0.29) is 22.3 Å². The van der Waals surface area contributed by atoms with Crippen LogP contribution in [-0.4, -0.2) is 0 Å². The molecule has 10 heteroatoms. The maximum atomic E-state index is 10.5. The molecule has 0 saturated carbocycles. The molecule has 6 rings (SSSR count). The van der Waals surface area contributed by atoms with E-state index < -0.39 is 33.4 Å². The Labute approximate surface area is 358 Å². The molecule has 0 aliphatic carbocycles. The number of nitrogens with zero attached hydrogens (tertiary/aromatic N) is 10. The Morgan fingerprint density at radius 1 is 0.258 bits per heavy atom.